The Hall–Kier alpha value is -2.78. The van der Waals surface area contributed by atoms with Gasteiger partial charge in [-0.15, -0.1) is 0 Å². The van der Waals surface area contributed by atoms with Gasteiger partial charge in [0.25, 0.3) is 0 Å². The lowest BCUT2D eigenvalue weighted by molar-refractivity contribution is -0.116. The van der Waals surface area contributed by atoms with Crippen LogP contribution in [0.1, 0.15) is 5.56 Å². The smallest absolute Gasteiger partial charge is 0.244 e. The van der Waals surface area contributed by atoms with Crippen molar-refractivity contribution in [2.45, 2.75) is 18.4 Å². The number of aryl methyl sites for hydroxylation is 1. The number of nitrogens with one attached hydrogen (secondary N) is 2. The summed E-state index contributed by atoms with van der Waals surface area (Å²) in [5, 5.41) is 9.61. The minimum absolute atomic E-state index is 0.0539. The fourth-order valence-corrected chi connectivity index (χ4v) is 3.40. The Balaban J connectivity index is 1.82. The van der Waals surface area contributed by atoms with Crippen molar-refractivity contribution in [2.75, 3.05) is 11.6 Å². The molecule has 0 atom stereocenters. The molecule has 1 amide bonds. The molecule has 140 valence electrons. The van der Waals surface area contributed by atoms with Gasteiger partial charge in [-0.3, -0.25) is 14.5 Å². The number of benzene rings is 2. The maximum Gasteiger partial charge on any atom is 0.244 e. The van der Waals surface area contributed by atoms with E-state index in [9.17, 15) is 13.2 Å². The van der Waals surface area contributed by atoms with Crippen molar-refractivity contribution in [1.29, 1.82) is 0 Å². The Bertz CT molecular complexity index is 1150. The van der Waals surface area contributed by atoms with Gasteiger partial charge in [0.2, 0.25) is 5.91 Å². The number of carbonyl (C=O) groups is 1. The molecule has 3 aromatic rings. The van der Waals surface area contributed by atoms with Gasteiger partial charge in [-0.1, -0.05) is 35.9 Å². The molecule has 1 aromatic heterocycles. The largest absolute Gasteiger partial charge is 0.324 e. The Morgan fingerprint density at radius 3 is 2.59 bits per heavy atom. The first-order chi connectivity index (χ1) is 12.7. The zero-order chi connectivity index (χ0) is 19.6. The number of H-pyrrole nitrogens is 1. The summed E-state index contributed by atoms with van der Waals surface area (Å²) >= 11 is 5.24. The Kier molecular flexibility index (Phi) is 5.24. The van der Waals surface area contributed by atoms with Crippen molar-refractivity contribution in [1.82, 2.24) is 14.8 Å². The number of aromatic amines is 1. The van der Waals surface area contributed by atoms with Crippen LogP contribution in [0.15, 0.2) is 53.4 Å². The number of aromatic nitrogens is 3. The van der Waals surface area contributed by atoms with Crippen LogP contribution in [-0.4, -0.2) is 35.3 Å². The SMILES string of the molecule is Cc1ccc(-c2n[nH]c(=S)n2CC(=O)Nc2cccc(S(C)(=O)=O)c2)cc1. The first-order valence-electron chi connectivity index (χ1n) is 8.06. The molecule has 0 radical (unpaired) electrons. The lowest BCUT2D eigenvalue weighted by Gasteiger charge is -2.09. The van der Waals surface area contributed by atoms with Crippen molar-refractivity contribution in [3.05, 3.63) is 58.9 Å². The van der Waals surface area contributed by atoms with Crippen molar-refractivity contribution < 1.29 is 13.2 Å². The van der Waals surface area contributed by atoms with Crippen LogP contribution in [0.3, 0.4) is 0 Å². The molecule has 3 rings (SSSR count). The number of carbonyl (C=O) groups excluding carboxylic acids is 1. The maximum absolute atomic E-state index is 12.5. The Morgan fingerprint density at radius 1 is 1.22 bits per heavy atom. The van der Waals surface area contributed by atoms with Gasteiger partial charge in [0.1, 0.15) is 6.54 Å². The van der Waals surface area contributed by atoms with Gasteiger partial charge in [-0.25, -0.2) is 8.42 Å². The van der Waals surface area contributed by atoms with Crippen molar-refractivity contribution in [2.24, 2.45) is 0 Å². The van der Waals surface area contributed by atoms with E-state index in [1.54, 1.807) is 16.7 Å². The Labute approximate surface area is 162 Å². The number of sulfone groups is 1. The summed E-state index contributed by atoms with van der Waals surface area (Å²) < 4.78 is 25.2. The van der Waals surface area contributed by atoms with Crippen LogP contribution in [0.4, 0.5) is 5.69 Å². The van der Waals surface area contributed by atoms with Gasteiger partial charge >= 0.3 is 0 Å². The third-order valence-corrected chi connectivity index (χ3v) is 5.34. The number of hydrogen-bond acceptors (Lipinski definition) is 5. The van der Waals surface area contributed by atoms with Gasteiger partial charge in [-0.05, 0) is 37.3 Å². The summed E-state index contributed by atoms with van der Waals surface area (Å²) in [6.45, 7) is 1.93. The van der Waals surface area contributed by atoms with E-state index in [-0.39, 0.29) is 17.3 Å². The summed E-state index contributed by atoms with van der Waals surface area (Å²) in [6, 6.07) is 13.8. The molecule has 0 aliphatic rings. The fourth-order valence-electron chi connectivity index (χ4n) is 2.54. The lowest BCUT2D eigenvalue weighted by Crippen LogP contribution is -2.19. The predicted octanol–water partition coefficient (Wildman–Crippen LogP) is 2.96. The molecule has 0 aliphatic heterocycles. The molecule has 0 bridgehead atoms. The van der Waals surface area contributed by atoms with Crippen LogP contribution in [-0.2, 0) is 21.2 Å². The zero-order valence-corrected chi connectivity index (χ0v) is 16.4. The van der Waals surface area contributed by atoms with Crippen LogP contribution in [0.5, 0.6) is 0 Å². The highest BCUT2D eigenvalue weighted by atomic mass is 32.2. The van der Waals surface area contributed by atoms with Gasteiger partial charge in [0.05, 0.1) is 4.90 Å². The molecule has 0 unspecified atom stereocenters. The van der Waals surface area contributed by atoms with Crippen LogP contribution in [0.25, 0.3) is 11.4 Å². The molecule has 9 heteroatoms. The fraction of sp³-hybridized carbons (Fsp3) is 0.167. The van der Waals surface area contributed by atoms with E-state index < -0.39 is 9.84 Å². The molecule has 27 heavy (non-hydrogen) atoms. The maximum atomic E-state index is 12.5. The standard InChI is InChI=1S/C18H18N4O3S2/c1-12-6-8-13(9-7-12)17-20-21-18(26)22(17)11-16(23)19-14-4-3-5-15(10-14)27(2,24)25/h3-10H,11H2,1-2H3,(H,19,23)(H,21,26). The lowest BCUT2D eigenvalue weighted by atomic mass is 10.1. The Morgan fingerprint density at radius 2 is 1.93 bits per heavy atom. The summed E-state index contributed by atoms with van der Waals surface area (Å²) in [5.41, 5.74) is 2.34. The van der Waals surface area contributed by atoms with Crippen LogP contribution in [0, 0.1) is 11.7 Å². The van der Waals surface area contributed by atoms with Gasteiger partial charge < -0.3 is 5.32 Å². The number of hydrogen-bond donors (Lipinski definition) is 2. The summed E-state index contributed by atoms with van der Waals surface area (Å²) in [4.78, 5) is 12.6. The van der Waals surface area contributed by atoms with Gasteiger partial charge in [0, 0.05) is 17.5 Å². The molecule has 0 spiro atoms. The van der Waals surface area contributed by atoms with Crippen molar-refractivity contribution in [3.8, 4) is 11.4 Å². The average Bonchev–Trinajstić information content (AvgIpc) is 2.96. The van der Waals surface area contributed by atoms with E-state index in [0.717, 1.165) is 17.4 Å². The molecule has 2 N–H and O–H groups in total. The number of nitrogens with zero attached hydrogens (tertiary/aromatic N) is 2. The molecule has 0 saturated heterocycles. The predicted molar refractivity (Wildman–Crippen MR) is 106 cm³/mol. The minimum Gasteiger partial charge on any atom is -0.324 e. The van der Waals surface area contributed by atoms with Gasteiger partial charge in [-0.2, -0.15) is 5.10 Å². The topological polar surface area (TPSA) is 96.8 Å². The zero-order valence-electron chi connectivity index (χ0n) is 14.8. The monoisotopic (exact) mass is 402 g/mol. The van der Waals surface area contributed by atoms with E-state index in [1.807, 2.05) is 31.2 Å². The second-order valence-corrected chi connectivity index (χ2v) is 8.56. The molecule has 0 saturated carbocycles. The van der Waals surface area contributed by atoms with Gasteiger partial charge in [0.15, 0.2) is 20.4 Å². The first-order valence-corrected chi connectivity index (χ1v) is 10.4. The molecule has 1 heterocycles. The third kappa shape index (κ3) is 4.50. The number of anilines is 1. The summed E-state index contributed by atoms with van der Waals surface area (Å²) in [6.07, 6.45) is 1.12. The number of amides is 1. The third-order valence-electron chi connectivity index (χ3n) is 3.92. The average molecular weight is 403 g/mol. The van der Waals surface area contributed by atoms with Crippen LogP contribution >= 0.6 is 12.2 Å². The minimum atomic E-state index is -3.35. The highest BCUT2D eigenvalue weighted by Gasteiger charge is 2.13. The molecular weight excluding hydrogens is 384 g/mol. The van der Waals surface area contributed by atoms with Crippen molar-refractivity contribution >= 4 is 33.6 Å². The second-order valence-electron chi connectivity index (χ2n) is 6.15. The van der Waals surface area contributed by atoms with E-state index >= 15 is 0 Å². The summed E-state index contributed by atoms with van der Waals surface area (Å²) in [5.74, 6) is 0.214. The van der Waals surface area contributed by atoms with Crippen LogP contribution in [0.2, 0.25) is 0 Å². The molecule has 7 nitrogen and oxygen atoms in total. The normalized spacial score (nSPS) is 11.3. The molecule has 0 fully saturated rings. The highest BCUT2D eigenvalue weighted by molar-refractivity contribution is 7.90. The first kappa shape index (κ1) is 19.0. The van der Waals surface area contributed by atoms with E-state index in [1.165, 1.54) is 12.1 Å². The van der Waals surface area contributed by atoms with E-state index in [2.05, 4.69) is 15.5 Å². The highest BCUT2D eigenvalue weighted by Crippen LogP contribution is 2.19. The summed E-state index contributed by atoms with van der Waals surface area (Å²) in [7, 11) is -3.35. The van der Waals surface area contributed by atoms with E-state index in [4.69, 9.17) is 12.2 Å². The molecular formula is C18H18N4O3S2. The molecule has 2 aromatic carbocycles. The second kappa shape index (κ2) is 7.45. The molecule has 0 aliphatic carbocycles. The quantitative estimate of drug-likeness (QED) is 0.640. The van der Waals surface area contributed by atoms with Crippen molar-refractivity contribution in [3.63, 3.8) is 0 Å². The van der Waals surface area contributed by atoms with E-state index in [0.29, 0.717) is 16.3 Å². The number of rotatable bonds is 5. The van der Waals surface area contributed by atoms with Crippen LogP contribution < -0.4 is 5.32 Å².